The zero-order valence-electron chi connectivity index (χ0n) is 16.5. The molecule has 1 aliphatic carbocycles. The lowest BCUT2D eigenvalue weighted by molar-refractivity contribution is 0.283. The Kier molecular flexibility index (Phi) is 6.02. The maximum atomic E-state index is 6.61. The van der Waals surface area contributed by atoms with Gasteiger partial charge in [0.1, 0.15) is 6.61 Å². The van der Waals surface area contributed by atoms with Crippen molar-refractivity contribution in [1.82, 2.24) is 4.98 Å². The highest BCUT2D eigenvalue weighted by atomic mass is 16.5. The van der Waals surface area contributed by atoms with Crippen molar-refractivity contribution in [3.63, 3.8) is 0 Å². The van der Waals surface area contributed by atoms with Crippen molar-refractivity contribution in [1.29, 1.82) is 0 Å². The molecule has 0 spiro atoms. The first-order chi connectivity index (χ1) is 13.5. The van der Waals surface area contributed by atoms with Gasteiger partial charge in [0, 0.05) is 29.8 Å². The number of hydrogen-bond donors (Lipinski definition) is 2. The highest BCUT2D eigenvalue weighted by Crippen LogP contribution is 2.37. The lowest BCUT2D eigenvalue weighted by Crippen LogP contribution is -2.57. The molecule has 28 heavy (non-hydrogen) atoms. The Hall–Kier alpha value is -2.83. The van der Waals surface area contributed by atoms with Crippen molar-refractivity contribution in [3.8, 4) is 17.4 Å². The van der Waals surface area contributed by atoms with Gasteiger partial charge in [-0.15, -0.1) is 0 Å². The van der Waals surface area contributed by atoms with Gasteiger partial charge in [0.15, 0.2) is 11.5 Å². The molecule has 1 aromatic heterocycles. The Bertz CT molecular complexity index is 864. The van der Waals surface area contributed by atoms with E-state index in [4.69, 9.17) is 25.7 Å². The zero-order valence-corrected chi connectivity index (χ0v) is 16.5. The highest BCUT2D eigenvalue weighted by molar-refractivity contribution is 5.46. The number of rotatable bonds is 7. The van der Waals surface area contributed by atoms with Crippen LogP contribution in [0.25, 0.3) is 0 Å². The van der Waals surface area contributed by atoms with E-state index in [9.17, 15) is 0 Å². The van der Waals surface area contributed by atoms with Gasteiger partial charge in [0.05, 0.1) is 19.8 Å². The number of allylic oxidation sites excluding steroid dienone is 2. The number of methoxy groups -OCH3 is 2. The fourth-order valence-corrected chi connectivity index (χ4v) is 3.26. The Labute approximate surface area is 165 Å². The lowest BCUT2D eigenvalue weighted by Gasteiger charge is -2.38. The van der Waals surface area contributed by atoms with Gasteiger partial charge in [-0.1, -0.05) is 37.3 Å². The summed E-state index contributed by atoms with van der Waals surface area (Å²) in [6, 6.07) is 9.33. The van der Waals surface area contributed by atoms with Crippen molar-refractivity contribution in [2.75, 3.05) is 14.2 Å². The van der Waals surface area contributed by atoms with E-state index in [1.807, 2.05) is 48.6 Å². The molecule has 3 atom stereocenters. The van der Waals surface area contributed by atoms with Crippen molar-refractivity contribution < 1.29 is 14.2 Å². The number of aromatic nitrogens is 1. The molecule has 0 radical (unpaired) electrons. The van der Waals surface area contributed by atoms with E-state index in [1.165, 1.54) is 0 Å². The summed E-state index contributed by atoms with van der Waals surface area (Å²) in [5.41, 5.74) is 14.2. The van der Waals surface area contributed by atoms with E-state index in [0.717, 1.165) is 11.1 Å². The van der Waals surface area contributed by atoms with E-state index < -0.39 is 5.54 Å². The van der Waals surface area contributed by atoms with E-state index >= 15 is 0 Å². The predicted octanol–water partition coefficient (Wildman–Crippen LogP) is 2.93. The Balaban J connectivity index is 1.76. The normalized spacial score (nSPS) is 22.0. The van der Waals surface area contributed by atoms with Crippen molar-refractivity contribution in [3.05, 3.63) is 72.0 Å². The number of ether oxygens (including phenoxy) is 3. The van der Waals surface area contributed by atoms with Crippen LogP contribution in [-0.4, -0.2) is 30.8 Å². The number of nitrogens with two attached hydrogens (primary N) is 2. The van der Waals surface area contributed by atoms with Crippen molar-refractivity contribution in [2.45, 2.75) is 31.0 Å². The molecule has 4 N–H and O–H groups in total. The summed E-state index contributed by atoms with van der Waals surface area (Å²) >= 11 is 0. The van der Waals surface area contributed by atoms with Crippen LogP contribution in [0.3, 0.4) is 0 Å². The Morgan fingerprint density at radius 1 is 1.11 bits per heavy atom. The SMILES string of the molecule is COc1ccc(COc2ccc(C(C)C3(N)C=CC=CC3N)cc2OC)cn1. The largest absolute Gasteiger partial charge is 0.493 e. The topological polar surface area (TPSA) is 92.6 Å². The molecule has 6 heteroatoms. The smallest absolute Gasteiger partial charge is 0.212 e. The summed E-state index contributed by atoms with van der Waals surface area (Å²) in [7, 11) is 3.21. The van der Waals surface area contributed by atoms with E-state index in [1.54, 1.807) is 26.5 Å². The standard InChI is InChI=1S/C22H27N3O3/c1-15(22(24)11-5-4-6-20(22)23)17-8-9-18(19(12-17)26-2)28-14-16-7-10-21(27-3)25-13-16/h4-13,15,20H,14,23-24H2,1-3H3. The molecule has 0 saturated heterocycles. The third kappa shape index (κ3) is 4.03. The first-order valence-corrected chi connectivity index (χ1v) is 9.18. The molecule has 1 aliphatic rings. The molecule has 1 aromatic carbocycles. The minimum Gasteiger partial charge on any atom is -0.493 e. The fraction of sp³-hybridized carbons (Fsp3) is 0.318. The highest BCUT2D eigenvalue weighted by Gasteiger charge is 2.36. The second-order valence-electron chi connectivity index (χ2n) is 6.90. The molecular formula is C22H27N3O3. The summed E-state index contributed by atoms with van der Waals surface area (Å²) in [6.07, 6.45) is 9.49. The summed E-state index contributed by atoms with van der Waals surface area (Å²) in [5, 5.41) is 0. The van der Waals surface area contributed by atoms with Gasteiger partial charge in [-0.05, 0) is 23.8 Å². The molecule has 3 rings (SSSR count). The van der Waals surface area contributed by atoms with Gasteiger partial charge in [-0.2, -0.15) is 0 Å². The monoisotopic (exact) mass is 381 g/mol. The van der Waals surface area contributed by atoms with Gasteiger partial charge in [-0.3, -0.25) is 0 Å². The van der Waals surface area contributed by atoms with E-state index in [0.29, 0.717) is 24.0 Å². The van der Waals surface area contributed by atoms with Gasteiger partial charge in [0.2, 0.25) is 5.88 Å². The summed E-state index contributed by atoms with van der Waals surface area (Å²) < 4.78 is 16.5. The molecular weight excluding hydrogens is 354 g/mol. The van der Waals surface area contributed by atoms with Crippen LogP contribution >= 0.6 is 0 Å². The summed E-state index contributed by atoms with van der Waals surface area (Å²) in [4.78, 5) is 4.18. The first kappa shape index (κ1) is 19.9. The Morgan fingerprint density at radius 3 is 2.57 bits per heavy atom. The van der Waals surface area contributed by atoms with Gasteiger partial charge in [-0.25, -0.2) is 4.98 Å². The average molecular weight is 381 g/mol. The fourth-order valence-electron chi connectivity index (χ4n) is 3.26. The van der Waals surface area contributed by atoms with E-state index in [2.05, 4.69) is 11.9 Å². The maximum absolute atomic E-state index is 6.61. The number of benzene rings is 1. The van der Waals surface area contributed by atoms with Crippen LogP contribution in [0.15, 0.2) is 60.8 Å². The summed E-state index contributed by atoms with van der Waals surface area (Å²) in [5.74, 6) is 1.87. The predicted molar refractivity (Wildman–Crippen MR) is 110 cm³/mol. The van der Waals surface area contributed by atoms with Gasteiger partial charge in [0.25, 0.3) is 0 Å². The maximum Gasteiger partial charge on any atom is 0.212 e. The third-order valence-corrected chi connectivity index (χ3v) is 5.23. The zero-order chi connectivity index (χ0) is 20.1. The molecule has 0 aliphatic heterocycles. The molecule has 0 saturated carbocycles. The number of hydrogen-bond acceptors (Lipinski definition) is 6. The molecule has 0 amide bonds. The van der Waals surface area contributed by atoms with Crippen LogP contribution in [-0.2, 0) is 6.61 Å². The molecule has 148 valence electrons. The number of pyridine rings is 1. The third-order valence-electron chi connectivity index (χ3n) is 5.23. The Morgan fingerprint density at radius 2 is 1.93 bits per heavy atom. The second kappa shape index (κ2) is 8.46. The molecule has 2 aromatic rings. The summed E-state index contributed by atoms with van der Waals surface area (Å²) in [6.45, 7) is 2.45. The lowest BCUT2D eigenvalue weighted by atomic mass is 9.74. The average Bonchev–Trinajstić information content (AvgIpc) is 2.74. The second-order valence-corrected chi connectivity index (χ2v) is 6.90. The van der Waals surface area contributed by atoms with Crippen LogP contribution in [0.5, 0.6) is 17.4 Å². The molecule has 0 bridgehead atoms. The minimum atomic E-state index is -0.656. The molecule has 1 heterocycles. The molecule has 0 fully saturated rings. The minimum absolute atomic E-state index is 0.00237. The van der Waals surface area contributed by atoms with Crippen molar-refractivity contribution >= 4 is 0 Å². The van der Waals surface area contributed by atoms with E-state index in [-0.39, 0.29) is 12.0 Å². The van der Waals surface area contributed by atoms with Crippen LogP contribution in [0.2, 0.25) is 0 Å². The van der Waals surface area contributed by atoms with Gasteiger partial charge < -0.3 is 25.7 Å². The van der Waals surface area contributed by atoms with Gasteiger partial charge >= 0.3 is 0 Å². The molecule has 3 unspecified atom stereocenters. The number of nitrogens with zero attached hydrogens (tertiary/aromatic N) is 1. The quantitative estimate of drug-likeness (QED) is 0.766. The van der Waals surface area contributed by atoms with Crippen molar-refractivity contribution in [2.24, 2.45) is 11.5 Å². The van der Waals surface area contributed by atoms with Crippen LogP contribution in [0.1, 0.15) is 24.0 Å². The van der Waals surface area contributed by atoms with Crippen LogP contribution < -0.4 is 25.7 Å². The van der Waals surface area contributed by atoms with Crippen LogP contribution in [0, 0.1) is 0 Å². The van der Waals surface area contributed by atoms with Crippen LogP contribution in [0.4, 0.5) is 0 Å². The first-order valence-electron chi connectivity index (χ1n) is 9.18. The molecule has 6 nitrogen and oxygen atoms in total.